The molecule has 1 unspecified atom stereocenters. The molecule has 0 aromatic carbocycles. The van der Waals surface area contributed by atoms with E-state index < -0.39 is 21.1 Å². The van der Waals surface area contributed by atoms with Crippen molar-refractivity contribution in [1.82, 2.24) is 5.06 Å². The second-order valence-electron chi connectivity index (χ2n) is 3.70. The van der Waals surface area contributed by atoms with Crippen LogP contribution in [0, 0.1) is 0 Å². The summed E-state index contributed by atoms with van der Waals surface area (Å²) in [4.78, 5) is 26.4. The Morgan fingerprint density at radius 2 is 1.75 bits per heavy atom. The van der Waals surface area contributed by atoms with Crippen LogP contribution in [0.4, 0.5) is 0 Å². The zero-order valence-corrected chi connectivity index (χ0v) is 10.4. The van der Waals surface area contributed by atoms with Gasteiger partial charge < -0.3 is 14.7 Å². The first-order valence-electron chi connectivity index (χ1n) is 4.66. The van der Waals surface area contributed by atoms with Gasteiger partial charge in [-0.15, -0.1) is 0 Å². The van der Waals surface area contributed by atoms with Crippen molar-refractivity contribution in [1.29, 1.82) is 0 Å². The van der Waals surface area contributed by atoms with E-state index in [1.807, 2.05) is 0 Å². The van der Waals surface area contributed by atoms with E-state index in [1.54, 1.807) is 0 Å². The maximum absolute atomic E-state index is 11.4. The minimum Gasteiger partial charge on any atom is -0.324 e. The van der Waals surface area contributed by atoms with Gasteiger partial charge in [-0.25, -0.2) is 4.62 Å². The Labute approximate surface area is 93.4 Å². The Morgan fingerprint density at radius 3 is 2.19 bits per heavy atom. The second kappa shape index (κ2) is 5.10. The van der Waals surface area contributed by atoms with Crippen molar-refractivity contribution in [3.63, 3.8) is 0 Å². The standard InChI is InChI=1S/C7H15NO6P2/c1-7-2-4-8(5-3-7)14-16(12,13)6-15(9,10)11/h1-6H2,(H,12,13)(H2,9,10,11). The Kier molecular flexibility index (Phi) is 4.49. The van der Waals surface area contributed by atoms with Gasteiger partial charge in [-0.2, -0.15) is 5.06 Å². The lowest BCUT2D eigenvalue weighted by Crippen LogP contribution is -2.30. The van der Waals surface area contributed by atoms with Crippen molar-refractivity contribution >= 4 is 15.2 Å². The van der Waals surface area contributed by atoms with Crippen LogP contribution in [0.3, 0.4) is 0 Å². The summed E-state index contributed by atoms with van der Waals surface area (Å²) < 4.78 is 26.7. The van der Waals surface area contributed by atoms with Gasteiger partial charge in [0.1, 0.15) is 0 Å². The van der Waals surface area contributed by atoms with Crippen molar-refractivity contribution in [3.8, 4) is 0 Å². The number of rotatable bonds is 4. The van der Waals surface area contributed by atoms with Gasteiger partial charge in [0.05, 0.1) is 0 Å². The molecular formula is C7H15NO6P2. The number of hydrogen-bond donors (Lipinski definition) is 3. The molecule has 1 rings (SSSR count). The highest BCUT2D eigenvalue weighted by molar-refractivity contribution is 7.69. The van der Waals surface area contributed by atoms with Crippen LogP contribution in [0.2, 0.25) is 0 Å². The molecule has 1 fully saturated rings. The lowest BCUT2D eigenvalue weighted by Gasteiger charge is -2.28. The molecule has 0 aromatic heterocycles. The molecule has 0 aliphatic carbocycles. The predicted octanol–water partition coefficient (Wildman–Crippen LogP) is 0.891. The molecule has 0 aromatic rings. The molecule has 3 N–H and O–H groups in total. The maximum Gasteiger partial charge on any atom is 0.356 e. The van der Waals surface area contributed by atoms with Crippen LogP contribution in [0.5, 0.6) is 0 Å². The van der Waals surface area contributed by atoms with Crippen molar-refractivity contribution in [2.24, 2.45) is 0 Å². The van der Waals surface area contributed by atoms with Crippen LogP contribution in [0.25, 0.3) is 0 Å². The fourth-order valence-corrected chi connectivity index (χ4v) is 3.92. The monoisotopic (exact) mass is 271 g/mol. The van der Waals surface area contributed by atoms with Gasteiger partial charge in [-0.1, -0.05) is 12.2 Å². The molecule has 0 bridgehead atoms. The second-order valence-corrected chi connectivity index (χ2v) is 7.60. The minimum absolute atomic E-state index is 0.407. The summed E-state index contributed by atoms with van der Waals surface area (Å²) in [6, 6.07) is 0. The normalized spacial score (nSPS) is 23.1. The van der Waals surface area contributed by atoms with Crippen LogP contribution in [-0.2, 0) is 13.8 Å². The van der Waals surface area contributed by atoms with E-state index in [0.29, 0.717) is 25.9 Å². The van der Waals surface area contributed by atoms with E-state index in [4.69, 9.17) is 14.4 Å². The third kappa shape index (κ3) is 5.37. The molecule has 1 aliphatic heterocycles. The summed E-state index contributed by atoms with van der Waals surface area (Å²) in [6.45, 7) is 4.58. The zero-order valence-electron chi connectivity index (χ0n) is 8.65. The van der Waals surface area contributed by atoms with Crippen molar-refractivity contribution in [2.75, 3.05) is 19.0 Å². The Balaban J connectivity index is 2.50. The molecule has 0 spiro atoms. The van der Waals surface area contributed by atoms with Gasteiger partial charge in [-0.05, 0) is 12.8 Å². The van der Waals surface area contributed by atoms with Crippen LogP contribution in [-0.4, -0.2) is 38.7 Å². The average molecular weight is 271 g/mol. The lowest BCUT2D eigenvalue weighted by molar-refractivity contribution is -0.0717. The quantitative estimate of drug-likeness (QED) is 0.514. The third-order valence-corrected chi connectivity index (χ3v) is 5.43. The molecule has 1 atom stereocenters. The minimum atomic E-state index is -4.55. The predicted molar refractivity (Wildman–Crippen MR) is 57.8 cm³/mol. The highest BCUT2D eigenvalue weighted by Gasteiger charge is 2.33. The molecule has 1 aliphatic rings. The van der Waals surface area contributed by atoms with Crippen LogP contribution in [0.15, 0.2) is 12.2 Å². The van der Waals surface area contributed by atoms with Crippen LogP contribution < -0.4 is 0 Å². The number of nitrogens with zero attached hydrogens (tertiary/aromatic N) is 1. The Morgan fingerprint density at radius 1 is 1.25 bits per heavy atom. The van der Waals surface area contributed by atoms with E-state index in [2.05, 4.69) is 6.58 Å². The van der Waals surface area contributed by atoms with Gasteiger partial charge >= 0.3 is 15.2 Å². The molecule has 94 valence electrons. The van der Waals surface area contributed by atoms with E-state index in [0.717, 1.165) is 5.57 Å². The lowest BCUT2D eigenvalue weighted by atomic mass is 10.1. The summed E-state index contributed by atoms with van der Waals surface area (Å²) >= 11 is 0. The average Bonchev–Trinajstić information content (AvgIpc) is 2.04. The molecule has 16 heavy (non-hydrogen) atoms. The van der Waals surface area contributed by atoms with Crippen LogP contribution in [0.1, 0.15) is 12.8 Å². The summed E-state index contributed by atoms with van der Waals surface area (Å²) in [5.41, 5.74) is 1.03. The summed E-state index contributed by atoms with van der Waals surface area (Å²) in [7, 11) is -8.82. The first-order chi connectivity index (χ1) is 7.18. The van der Waals surface area contributed by atoms with Gasteiger partial charge in [0, 0.05) is 13.1 Å². The van der Waals surface area contributed by atoms with Crippen molar-refractivity contribution < 1.29 is 28.4 Å². The van der Waals surface area contributed by atoms with E-state index >= 15 is 0 Å². The fraction of sp³-hybridized carbons (Fsp3) is 0.714. The zero-order chi connectivity index (χ0) is 12.4. The van der Waals surface area contributed by atoms with E-state index in [-0.39, 0.29) is 0 Å². The maximum atomic E-state index is 11.4. The van der Waals surface area contributed by atoms with Gasteiger partial charge in [0.15, 0.2) is 5.90 Å². The molecule has 9 heteroatoms. The number of hydrogen-bond acceptors (Lipinski definition) is 4. The molecular weight excluding hydrogens is 256 g/mol. The largest absolute Gasteiger partial charge is 0.356 e. The molecule has 1 saturated heterocycles. The molecule has 0 saturated carbocycles. The highest BCUT2D eigenvalue weighted by Crippen LogP contribution is 2.55. The van der Waals surface area contributed by atoms with Crippen LogP contribution >= 0.6 is 15.2 Å². The van der Waals surface area contributed by atoms with E-state index in [1.165, 1.54) is 5.06 Å². The first kappa shape index (κ1) is 14.1. The summed E-state index contributed by atoms with van der Waals surface area (Å²) in [5.74, 6) is -1.16. The van der Waals surface area contributed by atoms with Gasteiger partial charge in [0.2, 0.25) is 0 Å². The first-order valence-corrected chi connectivity index (χ1v) is 8.22. The number of hydroxylamine groups is 2. The number of piperidine rings is 1. The summed E-state index contributed by atoms with van der Waals surface area (Å²) in [5, 5.41) is 1.26. The summed E-state index contributed by atoms with van der Waals surface area (Å²) in [6.07, 6.45) is 1.30. The topological polar surface area (TPSA) is 107 Å². The van der Waals surface area contributed by atoms with Crippen molar-refractivity contribution in [2.45, 2.75) is 12.8 Å². The van der Waals surface area contributed by atoms with E-state index in [9.17, 15) is 14.0 Å². The Hall–Kier alpha value is 0.0000000000000000139. The smallest absolute Gasteiger partial charge is 0.324 e. The third-order valence-electron chi connectivity index (χ3n) is 2.04. The Bertz CT molecular complexity index is 354. The van der Waals surface area contributed by atoms with Gasteiger partial charge in [-0.3, -0.25) is 9.13 Å². The molecule has 0 amide bonds. The SMILES string of the molecule is C=C1CCN(OP(=O)(O)CP(=O)(O)O)CC1. The molecule has 1 heterocycles. The molecule has 0 radical (unpaired) electrons. The highest BCUT2D eigenvalue weighted by atomic mass is 31.2. The van der Waals surface area contributed by atoms with Gasteiger partial charge in [0.25, 0.3) is 0 Å². The van der Waals surface area contributed by atoms with Crippen molar-refractivity contribution in [3.05, 3.63) is 12.2 Å². The molecule has 7 nitrogen and oxygen atoms in total. The fourth-order valence-electron chi connectivity index (χ4n) is 1.32.